The number of nitrogens with zero attached hydrogens (tertiary/aromatic N) is 2. The molecule has 2 aromatic rings. The SMILES string of the molecule is CCNC(=NCc1ccccc1NS(C)(=O)=O)NCCN(CC)c1cccc(C)c1.I. The maximum Gasteiger partial charge on any atom is 0.229 e. The fourth-order valence-electron chi connectivity index (χ4n) is 3.07. The van der Waals surface area contributed by atoms with Crippen LogP contribution in [0.15, 0.2) is 53.5 Å². The zero-order valence-corrected chi connectivity index (χ0v) is 21.8. The molecular formula is C22H34IN5O2S. The molecule has 9 heteroatoms. The van der Waals surface area contributed by atoms with Crippen molar-refractivity contribution in [2.45, 2.75) is 27.3 Å². The molecule has 172 valence electrons. The molecule has 0 aliphatic heterocycles. The molecule has 0 unspecified atom stereocenters. The molecule has 0 amide bonds. The van der Waals surface area contributed by atoms with Crippen molar-refractivity contribution in [3.8, 4) is 0 Å². The first kappa shape index (κ1) is 27.0. The molecule has 31 heavy (non-hydrogen) atoms. The minimum atomic E-state index is -3.34. The van der Waals surface area contributed by atoms with E-state index >= 15 is 0 Å². The Morgan fingerprint density at radius 1 is 1.06 bits per heavy atom. The van der Waals surface area contributed by atoms with Crippen LogP contribution in [0.5, 0.6) is 0 Å². The minimum absolute atomic E-state index is 0. The molecular weight excluding hydrogens is 525 g/mol. The first-order chi connectivity index (χ1) is 14.3. The van der Waals surface area contributed by atoms with E-state index in [2.05, 4.69) is 63.4 Å². The molecule has 2 aromatic carbocycles. The summed E-state index contributed by atoms with van der Waals surface area (Å²) in [5.41, 5.74) is 3.82. The highest BCUT2D eigenvalue weighted by Gasteiger charge is 2.08. The Bertz CT molecular complexity index is 950. The quantitative estimate of drug-likeness (QED) is 0.236. The molecule has 0 saturated heterocycles. The number of likely N-dealkylation sites (N-methyl/N-ethyl adjacent to an activating group) is 1. The summed E-state index contributed by atoms with van der Waals surface area (Å²) in [6.07, 6.45) is 1.15. The molecule has 0 spiro atoms. The highest BCUT2D eigenvalue weighted by Crippen LogP contribution is 2.17. The lowest BCUT2D eigenvalue weighted by Gasteiger charge is -2.24. The number of aryl methyl sites for hydroxylation is 1. The lowest BCUT2D eigenvalue weighted by molar-refractivity contribution is 0.606. The van der Waals surface area contributed by atoms with Gasteiger partial charge in [0.15, 0.2) is 5.96 Å². The molecule has 0 radical (unpaired) electrons. The minimum Gasteiger partial charge on any atom is -0.370 e. The summed E-state index contributed by atoms with van der Waals surface area (Å²) in [5.74, 6) is 0.701. The Kier molecular flexibility index (Phi) is 11.7. The fourth-order valence-corrected chi connectivity index (χ4v) is 3.67. The summed E-state index contributed by atoms with van der Waals surface area (Å²) >= 11 is 0. The van der Waals surface area contributed by atoms with E-state index in [9.17, 15) is 8.42 Å². The number of aliphatic imine (C=N–C) groups is 1. The van der Waals surface area contributed by atoms with Crippen molar-refractivity contribution in [2.24, 2.45) is 4.99 Å². The number of sulfonamides is 1. The van der Waals surface area contributed by atoms with Crippen LogP contribution >= 0.6 is 24.0 Å². The molecule has 0 bridgehead atoms. The first-order valence-corrected chi connectivity index (χ1v) is 12.1. The average molecular weight is 560 g/mol. The molecule has 0 aliphatic carbocycles. The first-order valence-electron chi connectivity index (χ1n) is 10.2. The number of rotatable bonds is 10. The Hall–Kier alpha value is -2.01. The second-order valence-electron chi connectivity index (χ2n) is 7.07. The van der Waals surface area contributed by atoms with Crippen LogP contribution in [0.1, 0.15) is 25.0 Å². The van der Waals surface area contributed by atoms with Crippen molar-refractivity contribution < 1.29 is 8.42 Å². The maximum absolute atomic E-state index is 11.6. The van der Waals surface area contributed by atoms with Crippen molar-refractivity contribution in [1.82, 2.24) is 10.6 Å². The van der Waals surface area contributed by atoms with Crippen molar-refractivity contribution in [3.63, 3.8) is 0 Å². The number of nitrogens with one attached hydrogen (secondary N) is 3. The average Bonchev–Trinajstić information content (AvgIpc) is 2.69. The number of guanidine groups is 1. The highest BCUT2D eigenvalue weighted by atomic mass is 127. The van der Waals surface area contributed by atoms with Gasteiger partial charge in [-0.05, 0) is 50.1 Å². The van der Waals surface area contributed by atoms with Gasteiger partial charge in [0, 0.05) is 31.9 Å². The molecule has 0 aromatic heterocycles. The Labute approximate surface area is 203 Å². The molecule has 0 atom stereocenters. The summed E-state index contributed by atoms with van der Waals surface area (Å²) in [4.78, 5) is 6.94. The van der Waals surface area contributed by atoms with E-state index in [0.717, 1.165) is 38.0 Å². The third-order valence-corrected chi connectivity index (χ3v) is 5.08. The van der Waals surface area contributed by atoms with Gasteiger partial charge in [-0.25, -0.2) is 13.4 Å². The Balaban J connectivity index is 0.00000480. The van der Waals surface area contributed by atoms with E-state index in [4.69, 9.17) is 0 Å². The Morgan fingerprint density at radius 3 is 2.45 bits per heavy atom. The van der Waals surface area contributed by atoms with E-state index in [1.54, 1.807) is 12.1 Å². The van der Waals surface area contributed by atoms with Gasteiger partial charge in [0.25, 0.3) is 0 Å². The topological polar surface area (TPSA) is 85.8 Å². The van der Waals surface area contributed by atoms with Gasteiger partial charge < -0.3 is 15.5 Å². The van der Waals surface area contributed by atoms with Crippen LogP contribution in [-0.2, 0) is 16.6 Å². The number of anilines is 2. The second kappa shape index (κ2) is 13.4. The van der Waals surface area contributed by atoms with Crippen LogP contribution in [0.25, 0.3) is 0 Å². The van der Waals surface area contributed by atoms with Gasteiger partial charge in [0.2, 0.25) is 10.0 Å². The van der Waals surface area contributed by atoms with E-state index in [0.29, 0.717) is 18.2 Å². The molecule has 2 rings (SSSR count). The van der Waals surface area contributed by atoms with Crippen LogP contribution in [0.3, 0.4) is 0 Å². The van der Waals surface area contributed by atoms with Gasteiger partial charge >= 0.3 is 0 Å². The molecule has 3 N–H and O–H groups in total. The van der Waals surface area contributed by atoms with E-state index < -0.39 is 10.0 Å². The normalized spacial score (nSPS) is 11.4. The van der Waals surface area contributed by atoms with Crippen LogP contribution in [-0.4, -0.2) is 46.8 Å². The second-order valence-corrected chi connectivity index (χ2v) is 8.82. The third-order valence-electron chi connectivity index (χ3n) is 4.49. The summed E-state index contributed by atoms with van der Waals surface area (Å²) in [6.45, 7) is 9.86. The molecule has 7 nitrogen and oxygen atoms in total. The molecule has 0 aliphatic rings. The zero-order chi connectivity index (χ0) is 22.0. The van der Waals surface area contributed by atoms with Gasteiger partial charge in [-0.2, -0.15) is 0 Å². The van der Waals surface area contributed by atoms with E-state index in [1.807, 2.05) is 19.1 Å². The summed E-state index contributed by atoms with van der Waals surface area (Å²) < 4.78 is 25.7. The lowest BCUT2D eigenvalue weighted by atomic mass is 10.2. The van der Waals surface area contributed by atoms with Gasteiger partial charge in [-0.15, -0.1) is 24.0 Å². The van der Waals surface area contributed by atoms with Crippen LogP contribution in [0.4, 0.5) is 11.4 Å². The standard InChI is InChI=1S/C22H33N5O2S.HI/c1-5-23-22(24-14-15-27(6-2)20-12-9-10-18(3)16-20)25-17-19-11-7-8-13-21(19)26-30(4,28)29;/h7-13,16,26H,5-6,14-15,17H2,1-4H3,(H2,23,24,25);1H. The molecule has 0 heterocycles. The van der Waals surface area contributed by atoms with Crippen molar-refractivity contribution >= 4 is 51.3 Å². The third kappa shape index (κ3) is 9.77. The number of para-hydroxylation sites is 1. The van der Waals surface area contributed by atoms with Crippen molar-refractivity contribution in [3.05, 3.63) is 59.7 Å². The number of benzene rings is 2. The molecule has 0 saturated carbocycles. The maximum atomic E-state index is 11.6. The van der Waals surface area contributed by atoms with Crippen molar-refractivity contribution in [1.29, 1.82) is 0 Å². The van der Waals surface area contributed by atoms with Crippen LogP contribution in [0.2, 0.25) is 0 Å². The number of hydrogen-bond donors (Lipinski definition) is 3. The largest absolute Gasteiger partial charge is 0.370 e. The van der Waals surface area contributed by atoms with E-state index in [-0.39, 0.29) is 24.0 Å². The van der Waals surface area contributed by atoms with E-state index in [1.165, 1.54) is 11.3 Å². The Morgan fingerprint density at radius 2 is 1.81 bits per heavy atom. The van der Waals surface area contributed by atoms with Crippen molar-refractivity contribution in [2.75, 3.05) is 42.1 Å². The van der Waals surface area contributed by atoms with Gasteiger partial charge in [-0.1, -0.05) is 30.3 Å². The highest BCUT2D eigenvalue weighted by molar-refractivity contribution is 14.0. The predicted molar refractivity (Wildman–Crippen MR) is 142 cm³/mol. The fraction of sp³-hybridized carbons (Fsp3) is 0.409. The number of halogens is 1. The van der Waals surface area contributed by atoms with Gasteiger partial charge in [0.1, 0.15) is 0 Å². The monoisotopic (exact) mass is 559 g/mol. The predicted octanol–water partition coefficient (Wildman–Crippen LogP) is 3.57. The smallest absolute Gasteiger partial charge is 0.229 e. The van der Waals surface area contributed by atoms with Gasteiger partial charge in [0.05, 0.1) is 18.5 Å². The summed E-state index contributed by atoms with van der Waals surface area (Å²) in [5, 5.41) is 6.61. The summed E-state index contributed by atoms with van der Waals surface area (Å²) in [6, 6.07) is 15.8. The van der Waals surface area contributed by atoms with Gasteiger partial charge in [-0.3, -0.25) is 4.72 Å². The zero-order valence-electron chi connectivity index (χ0n) is 18.7. The lowest BCUT2D eigenvalue weighted by Crippen LogP contribution is -2.41. The van der Waals surface area contributed by atoms with Crippen LogP contribution in [0, 0.1) is 6.92 Å². The number of hydrogen-bond acceptors (Lipinski definition) is 4. The summed E-state index contributed by atoms with van der Waals surface area (Å²) in [7, 11) is -3.34. The molecule has 0 fully saturated rings. The van der Waals surface area contributed by atoms with Crippen LogP contribution < -0.4 is 20.3 Å².